The predicted molar refractivity (Wildman–Crippen MR) is 165 cm³/mol. The Balaban J connectivity index is 0.00000400. The van der Waals surface area contributed by atoms with Crippen molar-refractivity contribution in [3.8, 4) is 27.5 Å². The van der Waals surface area contributed by atoms with E-state index >= 15 is 8.78 Å². The fourth-order valence-corrected chi connectivity index (χ4v) is 6.30. The average Bonchev–Trinajstić information content (AvgIpc) is 3.55. The summed E-state index contributed by atoms with van der Waals surface area (Å²) in [4.78, 5) is 17.1. The number of hydrogen-bond donors (Lipinski definition) is 1. The fraction of sp³-hybridized carbons (Fsp3) is 0.219. The first kappa shape index (κ1) is 32.2. The molecule has 2 aromatic heterocycles. The zero-order valence-corrected chi connectivity index (χ0v) is 25.8. The van der Waals surface area contributed by atoms with Gasteiger partial charge in [-0.05, 0) is 79.6 Å². The topological polar surface area (TPSA) is 130 Å². The molecule has 3 N–H and O–H groups in total. The highest BCUT2D eigenvalue weighted by atomic mass is 32.2. The minimum absolute atomic E-state index is 0. The van der Waals surface area contributed by atoms with Crippen molar-refractivity contribution in [2.75, 3.05) is 6.61 Å². The van der Waals surface area contributed by atoms with E-state index in [0.29, 0.717) is 45.4 Å². The molecule has 1 saturated carbocycles. The van der Waals surface area contributed by atoms with Crippen LogP contribution in [0.1, 0.15) is 47.1 Å². The number of thiol groups is 1. The second-order valence-electron chi connectivity index (χ2n) is 10.6. The van der Waals surface area contributed by atoms with Gasteiger partial charge in [0.25, 0.3) is 0 Å². The lowest BCUT2D eigenvalue weighted by atomic mass is 9.94. The molecule has 5 aromatic rings. The second kappa shape index (κ2) is 13.4. The molecular formula is C32H29F3N4O4S2. The molecule has 13 heteroatoms. The van der Waals surface area contributed by atoms with E-state index in [2.05, 4.69) is 4.98 Å². The molecule has 0 saturated heterocycles. The van der Waals surface area contributed by atoms with Gasteiger partial charge in [-0.3, -0.25) is 0 Å². The van der Waals surface area contributed by atoms with Gasteiger partial charge in [0.15, 0.2) is 21.6 Å². The van der Waals surface area contributed by atoms with Gasteiger partial charge in [-0.1, -0.05) is 22.4 Å². The molecule has 1 aliphatic carbocycles. The Morgan fingerprint density at radius 2 is 1.87 bits per heavy atom. The number of hydrogen-bond acceptors (Lipinski definition) is 7. The Hall–Kier alpha value is -4.17. The van der Waals surface area contributed by atoms with E-state index in [-0.39, 0.29) is 34.7 Å². The zero-order valence-electron chi connectivity index (χ0n) is 24.0. The Kier molecular flexibility index (Phi) is 9.63. The number of ether oxygens (including phenoxy) is 1. The summed E-state index contributed by atoms with van der Waals surface area (Å²) in [6, 6.07) is 14.4. The van der Waals surface area contributed by atoms with Gasteiger partial charge in [0.05, 0.1) is 18.0 Å². The third-order valence-electron chi connectivity index (χ3n) is 7.44. The minimum atomic E-state index is -2.21. The summed E-state index contributed by atoms with van der Waals surface area (Å²) in [6.45, 7) is 1.89. The van der Waals surface area contributed by atoms with E-state index in [4.69, 9.17) is 15.0 Å². The molecular weight excluding hydrogens is 626 g/mol. The van der Waals surface area contributed by atoms with Gasteiger partial charge in [0, 0.05) is 34.6 Å². The molecule has 0 radical (unpaired) electrons. The van der Waals surface area contributed by atoms with Crippen LogP contribution in [0.5, 0.6) is 0 Å². The summed E-state index contributed by atoms with van der Waals surface area (Å²) in [7, 11) is -2.21. The third kappa shape index (κ3) is 6.91. The smallest absolute Gasteiger partial charge is 0.357 e. The quantitative estimate of drug-likeness (QED) is 0.103. The molecule has 1 unspecified atom stereocenters. The van der Waals surface area contributed by atoms with Crippen molar-refractivity contribution in [1.82, 2.24) is 14.8 Å². The summed E-state index contributed by atoms with van der Waals surface area (Å²) in [5.74, 6) is -1.76. The van der Waals surface area contributed by atoms with Crippen LogP contribution in [0.25, 0.3) is 27.5 Å². The van der Waals surface area contributed by atoms with E-state index in [1.807, 2.05) is 0 Å². The molecule has 6 rings (SSSR count). The van der Waals surface area contributed by atoms with Crippen LogP contribution >= 0.6 is 11.3 Å². The lowest BCUT2D eigenvalue weighted by Gasteiger charge is -2.12. The molecule has 0 amide bonds. The first-order chi connectivity index (χ1) is 21.2. The fourth-order valence-electron chi connectivity index (χ4n) is 5.09. The molecule has 3 aromatic carbocycles. The molecule has 1 fully saturated rings. The molecule has 234 valence electrons. The van der Waals surface area contributed by atoms with Crippen molar-refractivity contribution >= 4 is 28.3 Å². The number of thiazole rings is 1. The Morgan fingerprint density at radius 1 is 1.07 bits per heavy atom. The maximum absolute atomic E-state index is 15.3. The van der Waals surface area contributed by atoms with Crippen molar-refractivity contribution in [2.45, 2.75) is 37.5 Å². The molecule has 45 heavy (non-hydrogen) atoms. The Bertz CT molecular complexity index is 1910. The number of halogens is 3. The summed E-state index contributed by atoms with van der Waals surface area (Å²) in [5.41, 5.74) is 3.50. The minimum Gasteiger partial charge on any atom is -0.870 e. The Labute approximate surface area is 263 Å². The number of carbonyl (C=O) groups is 1. The normalized spacial score (nSPS) is 13.4. The first-order valence-corrected chi connectivity index (χ1v) is 16.2. The van der Waals surface area contributed by atoms with Crippen molar-refractivity contribution in [1.29, 1.82) is 0 Å². The van der Waals surface area contributed by atoms with Gasteiger partial charge < -0.3 is 10.2 Å². The summed E-state index contributed by atoms with van der Waals surface area (Å²) in [5, 5.41) is 12.4. The van der Waals surface area contributed by atoms with Crippen LogP contribution in [0.3, 0.4) is 0 Å². The molecule has 8 nitrogen and oxygen atoms in total. The van der Waals surface area contributed by atoms with Gasteiger partial charge in [-0.15, -0.1) is 16.5 Å². The Morgan fingerprint density at radius 3 is 2.56 bits per heavy atom. The maximum atomic E-state index is 15.3. The van der Waals surface area contributed by atoms with E-state index in [1.54, 1.807) is 41.3 Å². The first-order valence-electron chi connectivity index (χ1n) is 14.0. The third-order valence-corrected chi connectivity index (χ3v) is 9.04. The molecule has 1 atom stereocenters. The summed E-state index contributed by atoms with van der Waals surface area (Å²) in [6.07, 6.45) is 2.84. The highest BCUT2D eigenvalue weighted by Gasteiger charge is 2.30. The monoisotopic (exact) mass is 654 g/mol. The lowest BCUT2D eigenvalue weighted by Crippen LogP contribution is -2.06. The molecule has 0 aliphatic heterocycles. The van der Waals surface area contributed by atoms with Crippen LogP contribution in [0.4, 0.5) is 13.2 Å². The van der Waals surface area contributed by atoms with E-state index < -0.39 is 34.4 Å². The molecule has 0 bridgehead atoms. The highest BCUT2D eigenvalue weighted by molar-refractivity contribution is 7.82. The van der Waals surface area contributed by atoms with Crippen molar-refractivity contribution in [3.05, 3.63) is 106 Å². The summed E-state index contributed by atoms with van der Waals surface area (Å²) >= 11 is 1.19. The van der Waals surface area contributed by atoms with Gasteiger partial charge in [0.2, 0.25) is 5.13 Å². The molecule has 2 heterocycles. The van der Waals surface area contributed by atoms with Crippen molar-refractivity contribution in [2.24, 2.45) is 11.1 Å². The standard InChI is InChI=1S/C32H27F3N4O3S2.H2O/c1-2-42-31(40)29-17-43-32(37-29)39-30(21-9-11-26(34)24(15-21)19-4-3-5-22(33)13-19)25(28(38-39)12-18-6-7-18)14-20-8-10-23(44(36)41)16-27(20)35;/h3-5,8-11,13,15-18H,2,6-7,12,14H2,1H3,(H2,36,41);1H2. The SMILES string of the molecule is CCOC(=O)c1csc(-n2nc(CC3CC3)c(Cc3ccc([SH+](N)=O)cc3F)c2-c2ccc(F)c(-c3cccc(F)c3)c2)n1.[OH-]. The van der Waals surface area contributed by atoms with Gasteiger partial charge in [-0.2, -0.15) is 5.10 Å². The second-order valence-corrected chi connectivity index (χ2v) is 12.6. The number of rotatable bonds is 10. The van der Waals surface area contributed by atoms with Gasteiger partial charge >= 0.3 is 5.97 Å². The number of esters is 1. The average molecular weight is 655 g/mol. The van der Waals surface area contributed by atoms with Crippen molar-refractivity contribution < 1.29 is 32.4 Å². The van der Waals surface area contributed by atoms with Crippen molar-refractivity contribution in [3.63, 3.8) is 0 Å². The van der Waals surface area contributed by atoms with E-state index in [0.717, 1.165) is 18.5 Å². The number of nitrogens with two attached hydrogens (primary N) is 1. The van der Waals surface area contributed by atoms with Crippen LogP contribution < -0.4 is 5.14 Å². The maximum Gasteiger partial charge on any atom is 0.357 e. The highest BCUT2D eigenvalue weighted by Crippen LogP contribution is 2.39. The number of benzene rings is 3. The lowest BCUT2D eigenvalue weighted by molar-refractivity contribution is 0.0520. The number of carbonyl (C=O) groups excluding carboxylic acids is 1. The van der Waals surface area contributed by atoms with Crippen LogP contribution in [0.15, 0.2) is 70.9 Å². The zero-order chi connectivity index (χ0) is 31.0. The number of aromatic nitrogens is 3. The molecule has 0 spiro atoms. The van der Waals surface area contributed by atoms with Crippen LogP contribution in [-0.4, -0.2) is 32.8 Å². The summed E-state index contributed by atoms with van der Waals surface area (Å²) < 4.78 is 63.2. The van der Waals surface area contributed by atoms with Gasteiger partial charge in [0.1, 0.15) is 17.5 Å². The van der Waals surface area contributed by atoms with E-state index in [9.17, 15) is 13.4 Å². The largest absolute Gasteiger partial charge is 0.870 e. The van der Waals surface area contributed by atoms with Crippen LogP contribution in [0, 0.1) is 23.4 Å². The van der Waals surface area contributed by atoms with Crippen LogP contribution in [0.2, 0.25) is 0 Å². The molecule has 1 aliphatic rings. The van der Waals surface area contributed by atoms with Crippen LogP contribution in [-0.2, 0) is 32.8 Å². The number of nitrogens with zero attached hydrogens (tertiary/aromatic N) is 3. The van der Waals surface area contributed by atoms with E-state index in [1.165, 1.54) is 47.7 Å². The van der Waals surface area contributed by atoms with Gasteiger partial charge in [-0.25, -0.2) is 27.6 Å². The predicted octanol–water partition coefficient (Wildman–Crippen LogP) is 6.55.